The third-order valence-electron chi connectivity index (χ3n) is 4.03. The molecule has 114 valence electrons. The van der Waals surface area contributed by atoms with Crippen LogP contribution in [0.25, 0.3) is 0 Å². The van der Waals surface area contributed by atoms with Crippen LogP contribution in [0.3, 0.4) is 0 Å². The van der Waals surface area contributed by atoms with E-state index in [1.165, 1.54) is 13.0 Å². The molecule has 1 heterocycles. The largest absolute Gasteiger partial charge is 0.507 e. The lowest BCUT2D eigenvalue weighted by molar-refractivity contribution is -0.126. The molecule has 0 bridgehead atoms. The van der Waals surface area contributed by atoms with Crippen LogP contribution < -0.4 is 0 Å². The molecule has 0 aromatic heterocycles. The maximum atomic E-state index is 11.7. The van der Waals surface area contributed by atoms with Crippen molar-refractivity contribution >= 4 is 23.2 Å². The average Bonchev–Trinajstić information content (AvgIpc) is 2.44. The highest BCUT2D eigenvalue weighted by molar-refractivity contribution is 6.31. The smallest absolute Gasteiger partial charge is 0.163 e. The molecule has 2 rings (SSSR count). The second-order valence-electron chi connectivity index (χ2n) is 5.57. The van der Waals surface area contributed by atoms with Crippen molar-refractivity contribution in [3.05, 3.63) is 28.3 Å². The maximum absolute atomic E-state index is 11.7. The number of hydrogen-bond donors (Lipinski definition) is 1. The summed E-state index contributed by atoms with van der Waals surface area (Å²) >= 11 is 6.03. The first kappa shape index (κ1) is 16.0. The highest BCUT2D eigenvalue weighted by Crippen LogP contribution is 2.29. The predicted octanol–water partition coefficient (Wildman–Crippen LogP) is 3.05. The van der Waals surface area contributed by atoms with Gasteiger partial charge in [0.25, 0.3) is 0 Å². The molecular weight excluding hydrogens is 290 g/mol. The molecule has 1 N–H and O–H groups in total. The van der Waals surface area contributed by atoms with Crippen LogP contribution in [0.2, 0.25) is 5.02 Å². The molecule has 1 saturated heterocycles. The number of aromatic hydroxyl groups is 1. The third-order valence-corrected chi connectivity index (χ3v) is 4.25. The summed E-state index contributed by atoms with van der Waals surface area (Å²) in [6.45, 7) is 5.28. The Labute approximate surface area is 129 Å². The number of nitrogens with zero attached hydrogens (tertiary/aromatic N) is 1. The monoisotopic (exact) mass is 309 g/mol. The molecule has 0 amide bonds. The van der Waals surface area contributed by atoms with Crippen molar-refractivity contribution in [2.75, 3.05) is 13.1 Å². The zero-order valence-electron chi connectivity index (χ0n) is 12.4. The molecule has 1 aromatic carbocycles. The number of phenols is 1. The summed E-state index contributed by atoms with van der Waals surface area (Å²) in [7, 11) is 0. The number of likely N-dealkylation sites (tertiary alicyclic amines) is 1. The summed E-state index contributed by atoms with van der Waals surface area (Å²) < 4.78 is 0. The van der Waals surface area contributed by atoms with Gasteiger partial charge in [-0.1, -0.05) is 18.5 Å². The molecule has 1 fully saturated rings. The van der Waals surface area contributed by atoms with Crippen molar-refractivity contribution in [3.63, 3.8) is 0 Å². The van der Waals surface area contributed by atoms with Crippen LogP contribution >= 0.6 is 11.6 Å². The lowest BCUT2D eigenvalue weighted by atomic mass is 9.93. The second-order valence-corrected chi connectivity index (χ2v) is 6.01. The number of carbonyl (C=O) groups is 2. The maximum Gasteiger partial charge on any atom is 0.163 e. The number of carbonyl (C=O) groups excluding carboxylic acids is 2. The van der Waals surface area contributed by atoms with Gasteiger partial charge in [-0.05, 0) is 25.5 Å². The number of halogens is 1. The van der Waals surface area contributed by atoms with Crippen LogP contribution in [-0.4, -0.2) is 34.7 Å². The molecule has 0 radical (unpaired) electrons. The van der Waals surface area contributed by atoms with E-state index >= 15 is 0 Å². The number of benzene rings is 1. The summed E-state index contributed by atoms with van der Waals surface area (Å²) in [5.74, 6) is 0.161. The zero-order chi connectivity index (χ0) is 15.6. The van der Waals surface area contributed by atoms with Crippen LogP contribution in [-0.2, 0) is 11.3 Å². The Morgan fingerprint density at radius 3 is 2.81 bits per heavy atom. The van der Waals surface area contributed by atoms with Gasteiger partial charge in [-0.15, -0.1) is 0 Å². The van der Waals surface area contributed by atoms with Gasteiger partial charge in [0.15, 0.2) is 5.78 Å². The number of hydrogen-bond acceptors (Lipinski definition) is 4. The van der Waals surface area contributed by atoms with Crippen molar-refractivity contribution < 1.29 is 14.7 Å². The van der Waals surface area contributed by atoms with E-state index in [0.29, 0.717) is 42.4 Å². The van der Waals surface area contributed by atoms with Crippen molar-refractivity contribution in [1.29, 1.82) is 0 Å². The molecule has 1 aromatic rings. The first-order valence-corrected chi connectivity index (χ1v) is 7.57. The van der Waals surface area contributed by atoms with Gasteiger partial charge in [-0.2, -0.15) is 0 Å². The third kappa shape index (κ3) is 3.63. The summed E-state index contributed by atoms with van der Waals surface area (Å²) in [5.41, 5.74) is 0.884. The van der Waals surface area contributed by atoms with Gasteiger partial charge in [-0.25, -0.2) is 0 Å². The molecule has 4 nitrogen and oxygen atoms in total. The van der Waals surface area contributed by atoms with Crippen LogP contribution in [0, 0.1) is 5.92 Å². The molecule has 1 atom stereocenters. The van der Waals surface area contributed by atoms with E-state index in [0.717, 1.165) is 6.42 Å². The first-order valence-electron chi connectivity index (χ1n) is 7.19. The van der Waals surface area contributed by atoms with Gasteiger partial charge >= 0.3 is 0 Å². The lowest BCUT2D eigenvalue weighted by Crippen LogP contribution is -2.40. The Balaban J connectivity index is 2.20. The van der Waals surface area contributed by atoms with Gasteiger partial charge in [0.05, 0.1) is 5.56 Å². The molecule has 0 aliphatic carbocycles. The van der Waals surface area contributed by atoms with Gasteiger partial charge in [0.2, 0.25) is 0 Å². The number of Topliss-reactive ketones (excluding diaryl/α,β-unsaturated/α-hetero) is 2. The Hall–Kier alpha value is -1.39. The van der Waals surface area contributed by atoms with Crippen LogP contribution in [0.15, 0.2) is 12.1 Å². The molecule has 0 saturated carbocycles. The second kappa shape index (κ2) is 6.58. The molecule has 1 unspecified atom stereocenters. The standard InChI is InChI=1S/C16H20ClNO3/c1-3-11-8-18(5-4-15(11)20)9-12-6-13(17)7-14(10(2)19)16(12)21/h6-7,11,21H,3-5,8-9H2,1-2H3. The Bertz CT molecular complexity index is 571. The van der Waals surface area contributed by atoms with Gasteiger partial charge in [0.1, 0.15) is 11.5 Å². The zero-order valence-corrected chi connectivity index (χ0v) is 13.1. The fourth-order valence-electron chi connectivity index (χ4n) is 2.76. The molecule has 1 aliphatic heterocycles. The fourth-order valence-corrected chi connectivity index (χ4v) is 3.00. The molecule has 21 heavy (non-hydrogen) atoms. The number of piperidine rings is 1. The Morgan fingerprint density at radius 2 is 2.19 bits per heavy atom. The molecule has 5 heteroatoms. The normalized spacial score (nSPS) is 19.8. The van der Waals surface area contributed by atoms with Gasteiger partial charge in [-0.3, -0.25) is 14.5 Å². The van der Waals surface area contributed by atoms with Crippen LogP contribution in [0.1, 0.15) is 42.6 Å². The number of ketones is 2. The van der Waals surface area contributed by atoms with E-state index in [1.807, 2.05) is 6.92 Å². The topological polar surface area (TPSA) is 57.6 Å². The summed E-state index contributed by atoms with van der Waals surface area (Å²) in [4.78, 5) is 25.4. The van der Waals surface area contributed by atoms with E-state index in [9.17, 15) is 14.7 Å². The molecule has 1 aliphatic rings. The fraction of sp³-hybridized carbons (Fsp3) is 0.500. The average molecular weight is 310 g/mol. The van der Waals surface area contributed by atoms with E-state index in [-0.39, 0.29) is 23.0 Å². The number of phenolic OH excluding ortho intramolecular Hbond substituents is 1. The van der Waals surface area contributed by atoms with Crippen molar-refractivity contribution in [2.24, 2.45) is 5.92 Å². The summed E-state index contributed by atoms with van der Waals surface area (Å²) in [6.07, 6.45) is 1.37. The van der Waals surface area contributed by atoms with Crippen molar-refractivity contribution in [1.82, 2.24) is 4.90 Å². The minimum atomic E-state index is -0.212. The predicted molar refractivity (Wildman–Crippen MR) is 81.8 cm³/mol. The Kier molecular flexibility index (Phi) is 5.01. The lowest BCUT2D eigenvalue weighted by Gasteiger charge is -2.31. The van der Waals surface area contributed by atoms with Crippen LogP contribution in [0.5, 0.6) is 5.75 Å². The minimum Gasteiger partial charge on any atom is -0.507 e. The van der Waals surface area contributed by atoms with Gasteiger partial charge in [0, 0.05) is 42.6 Å². The number of rotatable bonds is 4. The summed E-state index contributed by atoms with van der Waals surface area (Å²) in [6, 6.07) is 3.16. The van der Waals surface area contributed by atoms with E-state index < -0.39 is 0 Å². The summed E-state index contributed by atoms with van der Waals surface area (Å²) in [5, 5.41) is 10.7. The van der Waals surface area contributed by atoms with Crippen molar-refractivity contribution in [3.8, 4) is 5.75 Å². The quantitative estimate of drug-likeness (QED) is 0.869. The highest BCUT2D eigenvalue weighted by Gasteiger charge is 2.26. The Morgan fingerprint density at radius 1 is 1.48 bits per heavy atom. The van der Waals surface area contributed by atoms with Crippen molar-refractivity contribution in [2.45, 2.75) is 33.2 Å². The molecular formula is C16H20ClNO3. The van der Waals surface area contributed by atoms with E-state index in [2.05, 4.69) is 4.90 Å². The highest BCUT2D eigenvalue weighted by atomic mass is 35.5. The molecule has 0 spiro atoms. The van der Waals surface area contributed by atoms with Crippen LogP contribution in [0.4, 0.5) is 0 Å². The minimum absolute atomic E-state index is 0.00292. The van der Waals surface area contributed by atoms with Gasteiger partial charge < -0.3 is 5.11 Å². The SMILES string of the molecule is CCC1CN(Cc2cc(Cl)cc(C(C)=O)c2O)CCC1=O. The van der Waals surface area contributed by atoms with E-state index in [4.69, 9.17) is 11.6 Å². The van der Waals surface area contributed by atoms with E-state index in [1.54, 1.807) is 6.07 Å². The first-order chi connectivity index (χ1) is 9.92.